The molecule has 0 saturated heterocycles. The Labute approximate surface area is 122 Å². The van der Waals surface area contributed by atoms with E-state index in [-0.39, 0.29) is 5.75 Å². The summed E-state index contributed by atoms with van der Waals surface area (Å²) in [5.41, 5.74) is 1.96. The lowest BCUT2D eigenvalue weighted by Gasteiger charge is -2.08. The van der Waals surface area contributed by atoms with E-state index in [1.165, 1.54) is 0 Å². The Morgan fingerprint density at radius 1 is 1.25 bits per heavy atom. The van der Waals surface area contributed by atoms with Crippen LogP contribution in [-0.2, 0) is 16.6 Å². The van der Waals surface area contributed by atoms with E-state index in [0.29, 0.717) is 13.0 Å². The minimum atomic E-state index is -3.19. The van der Waals surface area contributed by atoms with Gasteiger partial charge in [0.25, 0.3) is 0 Å². The molecular weight excluding hydrogens is 274 g/mol. The van der Waals surface area contributed by atoms with Gasteiger partial charge < -0.3 is 5.32 Å². The number of nitrogens with zero attached hydrogens (tertiary/aromatic N) is 1. The summed E-state index contributed by atoms with van der Waals surface area (Å²) >= 11 is 0. The topological polar surface area (TPSA) is 71.1 Å². The molecule has 0 aliphatic heterocycles. The van der Waals surface area contributed by atoms with Crippen molar-refractivity contribution in [1.29, 1.82) is 0 Å². The van der Waals surface area contributed by atoms with Crippen molar-refractivity contribution in [3.05, 3.63) is 29.6 Å². The molecule has 0 unspecified atom stereocenters. The predicted molar refractivity (Wildman–Crippen MR) is 82.0 cm³/mol. The van der Waals surface area contributed by atoms with Gasteiger partial charge in [-0.05, 0) is 56.5 Å². The van der Waals surface area contributed by atoms with Crippen LogP contribution in [0.3, 0.4) is 0 Å². The van der Waals surface area contributed by atoms with E-state index in [1.54, 1.807) is 12.4 Å². The van der Waals surface area contributed by atoms with Gasteiger partial charge in [-0.1, -0.05) is 6.92 Å². The highest BCUT2D eigenvalue weighted by Crippen LogP contribution is 2.05. The predicted octanol–water partition coefficient (Wildman–Crippen LogP) is 1.59. The summed E-state index contributed by atoms with van der Waals surface area (Å²) < 4.78 is 26.3. The van der Waals surface area contributed by atoms with Crippen LogP contribution in [0.25, 0.3) is 0 Å². The number of aromatic nitrogens is 1. The molecule has 0 amide bonds. The van der Waals surface area contributed by atoms with Crippen LogP contribution >= 0.6 is 0 Å². The number of sulfonamides is 1. The summed E-state index contributed by atoms with van der Waals surface area (Å²) in [6, 6.07) is 1.88. The molecule has 0 spiro atoms. The fourth-order valence-electron chi connectivity index (χ4n) is 1.79. The molecule has 0 atom stereocenters. The average molecular weight is 299 g/mol. The molecule has 20 heavy (non-hydrogen) atoms. The third-order valence-corrected chi connectivity index (χ3v) is 4.48. The third-order valence-electron chi connectivity index (χ3n) is 3.07. The van der Waals surface area contributed by atoms with Crippen LogP contribution in [0, 0.1) is 6.92 Å². The summed E-state index contributed by atoms with van der Waals surface area (Å²) in [5, 5.41) is 3.26. The minimum Gasteiger partial charge on any atom is -0.317 e. The Kier molecular flexibility index (Phi) is 7.72. The Morgan fingerprint density at radius 3 is 2.75 bits per heavy atom. The summed E-state index contributed by atoms with van der Waals surface area (Å²) in [4.78, 5) is 4.01. The van der Waals surface area contributed by atoms with Crippen LogP contribution in [-0.4, -0.2) is 32.2 Å². The highest BCUT2D eigenvalue weighted by Gasteiger charge is 2.10. The first-order chi connectivity index (χ1) is 9.55. The highest BCUT2D eigenvalue weighted by molar-refractivity contribution is 7.89. The molecule has 0 aliphatic carbocycles. The Morgan fingerprint density at radius 2 is 2.05 bits per heavy atom. The molecule has 1 aromatic rings. The largest absolute Gasteiger partial charge is 0.317 e. The summed E-state index contributed by atoms with van der Waals surface area (Å²) in [5.74, 6) is 0.181. The maximum Gasteiger partial charge on any atom is 0.211 e. The zero-order chi connectivity index (χ0) is 14.8. The van der Waals surface area contributed by atoms with E-state index < -0.39 is 10.0 Å². The van der Waals surface area contributed by atoms with Gasteiger partial charge in [0.15, 0.2) is 0 Å². The van der Waals surface area contributed by atoms with Gasteiger partial charge in [0, 0.05) is 18.9 Å². The molecule has 1 rings (SSSR count). The molecule has 114 valence electrons. The van der Waals surface area contributed by atoms with Crippen molar-refractivity contribution in [1.82, 2.24) is 15.0 Å². The first-order valence-electron chi connectivity index (χ1n) is 7.12. The van der Waals surface area contributed by atoms with E-state index in [1.807, 2.05) is 13.0 Å². The van der Waals surface area contributed by atoms with E-state index >= 15 is 0 Å². The molecule has 0 fully saturated rings. The Hall–Kier alpha value is -0.980. The van der Waals surface area contributed by atoms with Crippen molar-refractivity contribution in [3.8, 4) is 0 Å². The number of unbranched alkanes of at least 4 members (excludes halogenated alkanes) is 1. The summed E-state index contributed by atoms with van der Waals surface area (Å²) in [6.45, 7) is 6.25. The highest BCUT2D eigenvalue weighted by atomic mass is 32.2. The van der Waals surface area contributed by atoms with Crippen molar-refractivity contribution in [2.75, 3.05) is 18.8 Å². The van der Waals surface area contributed by atoms with Crippen LogP contribution in [0.15, 0.2) is 18.5 Å². The SMILES string of the molecule is CCCNCCCCS(=O)(=O)NCc1cnccc1C. The number of rotatable bonds is 10. The van der Waals surface area contributed by atoms with Crippen molar-refractivity contribution >= 4 is 10.0 Å². The van der Waals surface area contributed by atoms with Crippen molar-refractivity contribution in [2.45, 2.75) is 39.7 Å². The van der Waals surface area contributed by atoms with E-state index in [2.05, 4.69) is 21.9 Å². The first-order valence-corrected chi connectivity index (χ1v) is 8.78. The zero-order valence-corrected chi connectivity index (χ0v) is 13.2. The lowest BCUT2D eigenvalue weighted by molar-refractivity contribution is 0.572. The lowest BCUT2D eigenvalue weighted by atomic mass is 10.2. The van der Waals surface area contributed by atoms with Crippen LogP contribution in [0.4, 0.5) is 0 Å². The molecule has 1 aromatic heterocycles. The van der Waals surface area contributed by atoms with E-state index in [9.17, 15) is 8.42 Å². The molecule has 2 N–H and O–H groups in total. The van der Waals surface area contributed by atoms with Gasteiger partial charge in [-0.25, -0.2) is 13.1 Å². The lowest BCUT2D eigenvalue weighted by Crippen LogP contribution is -2.27. The molecular formula is C14H25N3O2S. The molecule has 0 bridgehead atoms. The van der Waals surface area contributed by atoms with Crippen molar-refractivity contribution < 1.29 is 8.42 Å². The normalized spacial score (nSPS) is 11.7. The molecule has 0 aromatic carbocycles. The van der Waals surface area contributed by atoms with E-state index in [0.717, 1.165) is 37.1 Å². The molecule has 1 heterocycles. The summed E-state index contributed by atoms with van der Waals surface area (Å²) in [7, 11) is -3.19. The quantitative estimate of drug-likeness (QED) is 0.644. The number of hydrogen-bond donors (Lipinski definition) is 2. The van der Waals surface area contributed by atoms with Crippen LogP contribution in [0.1, 0.15) is 37.3 Å². The molecule has 0 radical (unpaired) electrons. The van der Waals surface area contributed by atoms with Gasteiger partial charge in [0.1, 0.15) is 0 Å². The zero-order valence-electron chi connectivity index (χ0n) is 12.4. The Balaban J connectivity index is 2.26. The molecule has 0 saturated carbocycles. The van der Waals surface area contributed by atoms with Crippen LogP contribution in [0.2, 0.25) is 0 Å². The Bertz CT molecular complexity index is 489. The van der Waals surface area contributed by atoms with Gasteiger partial charge >= 0.3 is 0 Å². The second-order valence-electron chi connectivity index (χ2n) is 4.90. The minimum absolute atomic E-state index is 0.181. The van der Waals surface area contributed by atoms with Crippen LogP contribution in [0.5, 0.6) is 0 Å². The maximum absolute atomic E-state index is 11.9. The second-order valence-corrected chi connectivity index (χ2v) is 6.83. The van der Waals surface area contributed by atoms with Gasteiger partial charge in [0.2, 0.25) is 10.0 Å². The smallest absolute Gasteiger partial charge is 0.211 e. The van der Waals surface area contributed by atoms with Gasteiger partial charge in [-0.15, -0.1) is 0 Å². The monoisotopic (exact) mass is 299 g/mol. The van der Waals surface area contributed by atoms with E-state index in [4.69, 9.17) is 0 Å². The van der Waals surface area contributed by atoms with Crippen molar-refractivity contribution in [3.63, 3.8) is 0 Å². The molecule has 0 aliphatic rings. The number of nitrogens with one attached hydrogen (secondary N) is 2. The standard InChI is InChI=1S/C14H25N3O2S/c1-3-7-15-8-4-5-10-20(18,19)17-12-14-11-16-9-6-13(14)2/h6,9,11,15,17H,3-5,7-8,10,12H2,1-2H3. The van der Waals surface area contributed by atoms with Crippen LogP contribution < -0.4 is 10.0 Å². The number of aryl methyl sites for hydroxylation is 1. The molecule has 6 heteroatoms. The second kappa shape index (κ2) is 9.05. The number of hydrogen-bond acceptors (Lipinski definition) is 4. The molecule has 5 nitrogen and oxygen atoms in total. The van der Waals surface area contributed by atoms with Gasteiger partial charge in [-0.2, -0.15) is 0 Å². The average Bonchev–Trinajstić information content (AvgIpc) is 2.42. The fourth-order valence-corrected chi connectivity index (χ4v) is 2.89. The fraction of sp³-hybridized carbons (Fsp3) is 0.643. The van der Waals surface area contributed by atoms with Gasteiger partial charge in [-0.3, -0.25) is 4.98 Å². The third kappa shape index (κ3) is 6.98. The first kappa shape index (κ1) is 17.1. The van der Waals surface area contributed by atoms with Gasteiger partial charge in [0.05, 0.1) is 5.75 Å². The number of pyridine rings is 1. The summed E-state index contributed by atoms with van der Waals surface area (Å²) in [6.07, 6.45) is 6.07. The van der Waals surface area contributed by atoms with Crippen molar-refractivity contribution in [2.24, 2.45) is 0 Å². The maximum atomic E-state index is 11.9.